The number of rotatable bonds is 5. The molecular formula is C15H27N3O2. The Morgan fingerprint density at radius 1 is 1.50 bits per heavy atom. The summed E-state index contributed by atoms with van der Waals surface area (Å²) in [5.74, 6) is -0.0966. The number of hydrogen-bond donors (Lipinski definition) is 2. The van der Waals surface area contributed by atoms with E-state index in [0.29, 0.717) is 0 Å². The second kappa shape index (κ2) is 7.05. The lowest BCUT2D eigenvalue weighted by Gasteiger charge is -2.37. The maximum Gasteiger partial charge on any atom is 0.235 e. The van der Waals surface area contributed by atoms with E-state index in [-0.39, 0.29) is 24.4 Å². The fourth-order valence-corrected chi connectivity index (χ4v) is 2.57. The molecule has 3 atom stereocenters. The standard InChI is InChI=1S/C15H27N3O2/c1-11(2)15(4,10-16)17-14(20)9-18-8-6-5-7-13(18)12(3)19/h11-13,19H,5-9H2,1-4H3,(H,17,20)/t12-,13+,15+/m0/s1. The van der Waals surface area contributed by atoms with Crippen LogP contribution in [0.5, 0.6) is 0 Å². The van der Waals surface area contributed by atoms with Crippen LogP contribution in [0.15, 0.2) is 0 Å². The quantitative estimate of drug-likeness (QED) is 0.796. The Balaban J connectivity index is 2.63. The highest BCUT2D eigenvalue weighted by Gasteiger charge is 2.32. The van der Waals surface area contributed by atoms with Crippen molar-refractivity contribution < 1.29 is 9.90 Å². The molecule has 0 unspecified atom stereocenters. The minimum absolute atomic E-state index is 0.0434. The van der Waals surface area contributed by atoms with E-state index in [4.69, 9.17) is 0 Å². The molecule has 1 fully saturated rings. The number of likely N-dealkylation sites (tertiary alicyclic amines) is 1. The highest BCUT2D eigenvalue weighted by Crippen LogP contribution is 2.20. The summed E-state index contributed by atoms with van der Waals surface area (Å²) in [5, 5.41) is 21.9. The summed E-state index contributed by atoms with van der Waals surface area (Å²) < 4.78 is 0. The van der Waals surface area contributed by atoms with Crippen molar-refractivity contribution in [3.63, 3.8) is 0 Å². The van der Waals surface area contributed by atoms with Gasteiger partial charge in [-0.25, -0.2) is 0 Å². The molecule has 2 N–H and O–H groups in total. The number of nitrogens with one attached hydrogen (secondary N) is 1. The van der Waals surface area contributed by atoms with Gasteiger partial charge >= 0.3 is 0 Å². The van der Waals surface area contributed by atoms with Crippen LogP contribution in [0, 0.1) is 17.2 Å². The third kappa shape index (κ3) is 4.19. The minimum atomic E-state index is -0.840. The molecule has 0 saturated carbocycles. The molecule has 1 aliphatic heterocycles. The number of aliphatic hydroxyl groups excluding tert-OH is 1. The lowest BCUT2D eigenvalue weighted by atomic mass is 9.90. The summed E-state index contributed by atoms with van der Waals surface area (Å²) in [6.07, 6.45) is 2.63. The normalized spacial score (nSPS) is 24.8. The van der Waals surface area contributed by atoms with Gasteiger partial charge < -0.3 is 10.4 Å². The van der Waals surface area contributed by atoms with E-state index in [1.54, 1.807) is 13.8 Å². The lowest BCUT2D eigenvalue weighted by molar-refractivity contribution is -0.125. The SMILES string of the molecule is CC(C)[C@@](C)(C#N)NC(=O)CN1CCCC[C@@H]1[C@H](C)O. The third-order valence-electron chi connectivity index (χ3n) is 4.35. The summed E-state index contributed by atoms with van der Waals surface area (Å²) in [7, 11) is 0. The fraction of sp³-hybridized carbons (Fsp3) is 0.867. The van der Waals surface area contributed by atoms with Gasteiger partial charge in [0.2, 0.25) is 5.91 Å². The van der Waals surface area contributed by atoms with E-state index in [2.05, 4.69) is 11.4 Å². The van der Waals surface area contributed by atoms with Gasteiger partial charge in [0.05, 0.1) is 18.7 Å². The van der Waals surface area contributed by atoms with Crippen LogP contribution in [-0.2, 0) is 4.79 Å². The highest BCUT2D eigenvalue weighted by atomic mass is 16.3. The first-order chi connectivity index (χ1) is 9.30. The molecule has 114 valence electrons. The molecule has 1 amide bonds. The van der Waals surface area contributed by atoms with Crippen molar-refractivity contribution in [3.8, 4) is 6.07 Å². The zero-order valence-corrected chi connectivity index (χ0v) is 13.0. The summed E-state index contributed by atoms with van der Waals surface area (Å²) in [5.41, 5.74) is -0.840. The Labute approximate surface area is 122 Å². The van der Waals surface area contributed by atoms with Gasteiger partial charge in [-0.1, -0.05) is 20.3 Å². The van der Waals surface area contributed by atoms with Crippen molar-refractivity contribution in [2.24, 2.45) is 5.92 Å². The van der Waals surface area contributed by atoms with Crippen molar-refractivity contribution in [3.05, 3.63) is 0 Å². The summed E-state index contributed by atoms with van der Waals surface area (Å²) in [6, 6.07) is 2.22. The van der Waals surface area contributed by atoms with Crippen molar-refractivity contribution in [2.45, 2.75) is 64.6 Å². The molecule has 5 nitrogen and oxygen atoms in total. The Hall–Kier alpha value is -1.12. The van der Waals surface area contributed by atoms with Crippen LogP contribution < -0.4 is 5.32 Å². The van der Waals surface area contributed by atoms with Crippen molar-refractivity contribution in [2.75, 3.05) is 13.1 Å². The molecule has 1 saturated heterocycles. The molecular weight excluding hydrogens is 254 g/mol. The maximum atomic E-state index is 12.2. The van der Waals surface area contributed by atoms with Crippen molar-refractivity contribution in [1.82, 2.24) is 10.2 Å². The second-order valence-electron chi connectivity index (χ2n) is 6.29. The van der Waals surface area contributed by atoms with E-state index in [1.165, 1.54) is 0 Å². The number of nitrogens with zero attached hydrogens (tertiary/aromatic N) is 2. The Morgan fingerprint density at radius 3 is 2.65 bits per heavy atom. The predicted octanol–water partition coefficient (Wildman–Crippen LogP) is 1.28. The molecule has 0 aromatic carbocycles. The van der Waals surface area contributed by atoms with E-state index < -0.39 is 11.6 Å². The minimum Gasteiger partial charge on any atom is -0.392 e. The van der Waals surface area contributed by atoms with Crippen LogP contribution in [0.4, 0.5) is 0 Å². The summed E-state index contributed by atoms with van der Waals surface area (Å²) in [6.45, 7) is 8.44. The second-order valence-corrected chi connectivity index (χ2v) is 6.29. The van der Waals surface area contributed by atoms with Gasteiger partial charge in [0.1, 0.15) is 5.54 Å². The average Bonchev–Trinajstić information content (AvgIpc) is 2.38. The van der Waals surface area contributed by atoms with Crippen molar-refractivity contribution in [1.29, 1.82) is 5.26 Å². The smallest absolute Gasteiger partial charge is 0.235 e. The number of carbonyl (C=O) groups excluding carboxylic acids is 1. The maximum absolute atomic E-state index is 12.2. The number of amides is 1. The van der Waals surface area contributed by atoms with Gasteiger partial charge in [-0.3, -0.25) is 9.69 Å². The van der Waals surface area contributed by atoms with Gasteiger partial charge in [0.25, 0.3) is 0 Å². The van der Waals surface area contributed by atoms with Crippen LogP contribution in [0.2, 0.25) is 0 Å². The van der Waals surface area contributed by atoms with E-state index >= 15 is 0 Å². The van der Waals surface area contributed by atoms with Crippen LogP contribution in [0.25, 0.3) is 0 Å². The fourth-order valence-electron chi connectivity index (χ4n) is 2.57. The molecule has 0 bridgehead atoms. The summed E-state index contributed by atoms with van der Waals surface area (Å²) >= 11 is 0. The Morgan fingerprint density at radius 2 is 2.15 bits per heavy atom. The van der Waals surface area contributed by atoms with Gasteiger partial charge in [0, 0.05) is 6.04 Å². The number of hydrogen-bond acceptors (Lipinski definition) is 4. The first-order valence-corrected chi connectivity index (χ1v) is 7.44. The van der Waals surface area contributed by atoms with Crippen molar-refractivity contribution >= 4 is 5.91 Å². The van der Waals surface area contributed by atoms with E-state index in [1.807, 2.05) is 18.7 Å². The van der Waals surface area contributed by atoms with Crippen LogP contribution >= 0.6 is 0 Å². The zero-order chi connectivity index (χ0) is 15.3. The number of aliphatic hydroxyl groups is 1. The molecule has 5 heteroatoms. The Kier molecular flexibility index (Phi) is 5.97. The van der Waals surface area contributed by atoms with Gasteiger partial charge in [0.15, 0.2) is 0 Å². The van der Waals surface area contributed by atoms with Gasteiger partial charge in [-0.15, -0.1) is 0 Å². The van der Waals surface area contributed by atoms with E-state index in [0.717, 1.165) is 25.8 Å². The monoisotopic (exact) mass is 281 g/mol. The predicted molar refractivity (Wildman–Crippen MR) is 77.9 cm³/mol. The van der Waals surface area contributed by atoms with Crippen LogP contribution in [0.3, 0.4) is 0 Å². The first-order valence-electron chi connectivity index (χ1n) is 7.44. The number of nitriles is 1. The largest absolute Gasteiger partial charge is 0.392 e. The molecule has 20 heavy (non-hydrogen) atoms. The van der Waals surface area contributed by atoms with Crippen LogP contribution in [-0.4, -0.2) is 46.7 Å². The van der Waals surface area contributed by atoms with Crippen LogP contribution in [0.1, 0.15) is 47.0 Å². The molecule has 0 spiro atoms. The number of piperidine rings is 1. The molecule has 1 rings (SSSR count). The topological polar surface area (TPSA) is 76.4 Å². The first kappa shape index (κ1) is 16.9. The summed E-state index contributed by atoms with van der Waals surface area (Å²) in [4.78, 5) is 14.2. The molecule has 1 aliphatic rings. The Bertz CT molecular complexity index is 376. The lowest BCUT2D eigenvalue weighted by Crippen LogP contribution is -2.55. The third-order valence-corrected chi connectivity index (χ3v) is 4.35. The molecule has 0 radical (unpaired) electrons. The highest BCUT2D eigenvalue weighted by molar-refractivity contribution is 5.79. The van der Waals surface area contributed by atoms with E-state index in [9.17, 15) is 15.2 Å². The molecule has 0 aromatic heterocycles. The number of carbonyl (C=O) groups is 1. The molecule has 0 aromatic rings. The zero-order valence-electron chi connectivity index (χ0n) is 13.0. The van der Waals surface area contributed by atoms with Gasteiger partial charge in [-0.05, 0) is 39.2 Å². The van der Waals surface area contributed by atoms with Gasteiger partial charge in [-0.2, -0.15) is 5.26 Å². The molecule has 0 aliphatic carbocycles. The molecule has 1 heterocycles. The average molecular weight is 281 g/mol.